The Morgan fingerprint density at radius 1 is 1.24 bits per heavy atom. The normalized spacial score (nSPS) is 10.6. The minimum Gasteiger partial charge on any atom is -0.493 e. The molecule has 1 aromatic carbocycles. The fourth-order valence-electron chi connectivity index (χ4n) is 2.04. The van der Waals surface area contributed by atoms with E-state index in [2.05, 4.69) is 17.2 Å². The zero-order chi connectivity index (χ0) is 14.9. The van der Waals surface area contributed by atoms with E-state index in [4.69, 9.17) is 16.3 Å². The molecule has 112 valence electrons. The van der Waals surface area contributed by atoms with Gasteiger partial charge in [-0.3, -0.25) is 4.98 Å². The molecule has 0 amide bonds. The Morgan fingerprint density at radius 3 is 2.90 bits per heavy atom. The van der Waals surface area contributed by atoms with Gasteiger partial charge in [0.15, 0.2) is 0 Å². The van der Waals surface area contributed by atoms with Gasteiger partial charge >= 0.3 is 0 Å². The number of pyridine rings is 1. The second-order valence-corrected chi connectivity index (χ2v) is 5.28. The Morgan fingerprint density at radius 2 is 2.14 bits per heavy atom. The molecular formula is C17H21ClN2O. The topological polar surface area (TPSA) is 34.1 Å². The van der Waals surface area contributed by atoms with E-state index in [1.165, 1.54) is 0 Å². The lowest BCUT2D eigenvalue weighted by molar-refractivity contribution is 0.316. The summed E-state index contributed by atoms with van der Waals surface area (Å²) >= 11 is 6.07. The third kappa shape index (κ3) is 5.37. The predicted molar refractivity (Wildman–Crippen MR) is 86.9 cm³/mol. The van der Waals surface area contributed by atoms with Gasteiger partial charge < -0.3 is 10.1 Å². The van der Waals surface area contributed by atoms with Gasteiger partial charge in [-0.15, -0.1) is 0 Å². The monoisotopic (exact) mass is 304 g/mol. The Bertz CT molecular complexity index is 546. The number of nitrogens with one attached hydrogen (secondary N) is 1. The van der Waals surface area contributed by atoms with Crippen molar-refractivity contribution in [1.82, 2.24) is 10.3 Å². The molecule has 0 radical (unpaired) electrons. The van der Waals surface area contributed by atoms with Crippen molar-refractivity contribution >= 4 is 11.6 Å². The summed E-state index contributed by atoms with van der Waals surface area (Å²) in [5, 5.41) is 4.11. The summed E-state index contributed by atoms with van der Waals surface area (Å²) in [6.45, 7) is 4.52. The number of ether oxygens (including phenoxy) is 1. The van der Waals surface area contributed by atoms with Crippen LogP contribution < -0.4 is 10.1 Å². The number of hydrogen-bond donors (Lipinski definition) is 1. The molecule has 0 bridgehead atoms. The smallest absolute Gasteiger partial charge is 0.123 e. The van der Waals surface area contributed by atoms with Crippen molar-refractivity contribution < 1.29 is 4.74 Å². The summed E-state index contributed by atoms with van der Waals surface area (Å²) in [5.74, 6) is 0.888. The summed E-state index contributed by atoms with van der Waals surface area (Å²) in [5.41, 5.74) is 2.13. The van der Waals surface area contributed by atoms with E-state index in [1.54, 1.807) is 6.20 Å². The van der Waals surface area contributed by atoms with Crippen molar-refractivity contribution in [2.45, 2.75) is 26.3 Å². The van der Waals surface area contributed by atoms with E-state index in [-0.39, 0.29) is 0 Å². The van der Waals surface area contributed by atoms with Crippen molar-refractivity contribution in [3.8, 4) is 5.75 Å². The van der Waals surface area contributed by atoms with Crippen LogP contribution in [-0.2, 0) is 13.0 Å². The van der Waals surface area contributed by atoms with Crippen molar-refractivity contribution in [2.75, 3.05) is 13.2 Å². The molecule has 0 aliphatic carbocycles. The molecule has 0 saturated carbocycles. The van der Waals surface area contributed by atoms with E-state index in [0.717, 1.165) is 48.0 Å². The lowest BCUT2D eigenvalue weighted by atomic mass is 10.2. The van der Waals surface area contributed by atoms with E-state index in [0.29, 0.717) is 6.61 Å². The molecular weight excluding hydrogens is 284 g/mol. The molecule has 0 spiro atoms. The van der Waals surface area contributed by atoms with Crippen LogP contribution >= 0.6 is 11.6 Å². The number of hydrogen-bond acceptors (Lipinski definition) is 3. The van der Waals surface area contributed by atoms with Crippen LogP contribution in [0.25, 0.3) is 0 Å². The van der Waals surface area contributed by atoms with Gasteiger partial charge in [-0.05, 0) is 43.3 Å². The summed E-state index contributed by atoms with van der Waals surface area (Å²) in [4.78, 5) is 4.29. The van der Waals surface area contributed by atoms with Crippen molar-refractivity contribution in [3.63, 3.8) is 0 Å². The molecule has 3 nitrogen and oxygen atoms in total. The molecule has 1 aromatic heterocycles. The molecule has 0 aliphatic rings. The number of benzene rings is 1. The predicted octanol–water partition coefficient (Wildman–Crippen LogP) is 3.86. The van der Waals surface area contributed by atoms with Gasteiger partial charge in [0.1, 0.15) is 5.75 Å². The van der Waals surface area contributed by atoms with Crippen LogP contribution in [0.5, 0.6) is 5.75 Å². The average Bonchev–Trinajstić information content (AvgIpc) is 2.51. The Labute approximate surface area is 131 Å². The first-order valence-electron chi connectivity index (χ1n) is 7.31. The molecule has 1 N–H and O–H groups in total. The molecule has 1 heterocycles. The highest BCUT2D eigenvalue weighted by atomic mass is 35.5. The minimum atomic E-state index is 0.611. The molecule has 0 atom stereocenters. The molecule has 4 heteroatoms. The zero-order valence-corrected chi connectivity index (χ0v) is 13.1. The molecule has 0 fully saturated rings. The second kappa shape index (κ2) is 8.65. The molecule has 2 aromatic rings. The van der Waals surface area contributed by atoms with Crippen molar-refractivity contribution in [2.24, 2.45) is 0 Å². The summed E-state index contributed by atoms with van der Waals surface area (Å²) in [7, 11) is 0. The SMILES string of the molecule is CCCNCc1cc(Cl)ccc1OCCc1ccccn1. The maximum atomic E-state index is 6.07. The van der Waals surface area contributed by atoms with Crippen LogP contribution in [0.15, 0.2) is 42.6 Å². The standard InChI is InChI=1S/C17H21ClN2O/c1-2-9-19-13-14-12-15(18)6-7-17(14)21-11-8-16-5-3-4-10-20-16/h3-7,10,12,19H,2,8-9,11,13H2,1H3. The first kappa shape index (κ1) is 15.8. The molecule has 0 saturated heterocycles. The summed E-state index contributed by atoms with van der Waals surface area (Å²) < 4.78 is 5.89. The highest BCUT2D eigenvalue weighted by Gasteiger charge is 2.05. The van der Waals surface area contributed by atoms with Gasteiger partial charge in [-0.1, -0.05) is 24.6 Å². The van der Waals surface area contributed by atoms with Gasteiger partial charge in [0.05, 0.1) is 6.61 Å². The van der Waals surface area contributed by atoms with Gasteiger partial charge in [0, 0.05) is 35.4 Å². The van der Waals surface area contributed by atoms with Gasteiger partial charge in [-0.25, -0.2) is 0 Å². The molecule has 0 unspecified atom stereocenters. The zero-order valence-electron chi connectivity index (χ0n) is 12.3. The Balaban J connectivity index is 1.92. The van der Waals surface area contributed by atoms with E-state index < -0.39 is 0 Å². The second-order valence-electron chi connectivity index (χ2n) is 4.85. The molecule has 2 rings (SSSR count). The summed E-state index contributed by atoms with van der Waals surface area (Å²) in [6.07, 6.45) is 3.71. The lowest BCUT2D eigenvalue weighted by Gasteiger charge is -2.12. The van der Waals surface area contributed by atoms with E-state index in [9.17, 15) is 0 Å². The highest BCUT2D eigenvalue weighted by molar-refractivity contribution is 6.30. The highest BCUT2D eigenvalue weighted by Crippen LogP contribution is 2.23. The average molecular weight is 305 g/mol. The Hall–Kier alpha value is -1.58. The lowest BCUT2D eigenvalue weighted by Crippen LogP contribution is -2.15. The number of rotatable bonds is 8. The van der Waals surface area contributed by atoms with Crippen LogP contribution in [0.4, 0.5) is 0 Å². The first-order valence-corrected chi connectivity index (χ1v) is 7.69. The van der Waals surface area contributed by atoms with Crippen LogP contribution in [0.2, 0.25) is 5.02 Å². The number of nitrogens with zero attached hydrogens (tertiary/aromatic N) is 1. The van der Waals surface area contributed by atoms with Gasteiger partial charge in [0.2, 0.25) is 0 Å². The molecule has 0 aliphatic heterocycles. The molecule has 21 heavy (non-hydrogen) atoms. The third-order valence-electron chi connectivity index (χ3n) is 3.11. The maximum Gasteiger partial charge on any atom is 0.123 e. The fourth-order valence-corrected chi connectivity index (χ4v) is 2.23. The van der Waals surface area contributed by atoms with E-state index in [1.807, 2.05) is 36.4 Å². The van der Waals surface area contributed by atoms with Gasteiger partial charge in [-0.2, -0.15) is 0 Å². The third-order valence-corrected chi connectivity index (χ3v) is 3.34. The van der Waals surface area contributed by atoms with Crippen LogP contribution in [0, 0.1) is 0 Å². The fraction of sp³-hybridized carbons (Fsp3) is 0.353. The van der Waals surface area contributed by atoms with Crippen molar-refractivity contribution in [3.05, 3.63) is 58.9 Å². The quantitative estimate of drug-likeness (QED) is 0.752. The Kier molecular flexibility index (Phi) is 6.51. The first-order chi connectivity index (χ1) is 10.3. The van der Waals surface area contributed by atoms with Crippen LogP contribution in [-0.4, -0.2) is 18.1 Å². The van der Waals surface area contributed by atoms with Crippen molar-refractivity contribution in [1.29, 1.82) is 0 Å². The number of halogens is 1. The van der Waals surface area contributed by atoms with E-state index >= 15 is 0 Å². The minimum absolute atomic E-state index is 0.611. The number of aromatic nitrogens is 1. The largest absolute Gasteiger partial charge is 0.493 e. The summed E-state index contributed by atoms with van der Waals surface area (Å²) in [6, 6.07) is 11.7. The maximum absolute atomic E-state index is 6.07. The van der Waals surface area contributed by atoms with Crippen LogP contribution in [0.1, 0.15) is 24.6 Å². The van der Waals surface area contributed by atoms with Gasteiger partial charge in [0.25, 0.3) is 0 Å². The van der Waals surface area contributed by atoms with Crippen LogP contribution in [0.3, 0.4) is 0 Å².